The van der Waals surface area contributed by atoms with Crippen molar-refractivity contribution in [3.05, 3.63) is 44.4 Å². The van der Waals surface area contributed by atoms with E-state index < -0.39 is 0 Å². The first-order valence-electron chi connectivity index (χ1n) is 5.72. The van der Waals surface area contributed by atoms with Crippen molar-refractivity contribution in [2.45, 2.75) is 20.4 Å². The Bertz CT molecular complexity index is 605. The van der Waals surface area contributed by atoms with Crippen LogP contribution in [0.3, 0.4) is 0 Å². The summed E-state index contributed by atoms with van der Waals surface area (Å²) in [5.74, 6) is -0.270. The van der Waals surface area contributed by atoms with Crippen LogP contribution in [0.1, 0.15) is 25.7 Å². The Morgan fingerprint density at radius 2 is 2.21 bits per heavy atom. The quantitative estimate of drug-likeness (QED) is 0.856. The molecule has 2 aromatic heterocycles. The van der Waals surface area contributed by atoms with Crippen LogP contribution in [-0.4, -0.2) is 10.9 Å². The molecule has 19 heavy (non-hydrogen) atoms. The van der Waals surface area contributed by atoms with E-state index in [9.17, 15) is 4.79 Å². The van der Waals surface area contributed by atoms with E-state index in [4.69, 9.17) is 17.3 Å². The fourth-order valence-electron chi connectivity index (χ4n) is 1.62. The van der Waals surface area contributed by atoms with Gasteiger partial charge < -0.3 is 11.1 Å². The van der Waals surface area contributed by atoms with Gasteiger partial charge in [0, 0.05) is 9.75 Å². The van der Waals surface area contributed by atoms with Crippen LogP contribution in [0.15, 0.2) is 18.3 Å². The van der Waals surface area contributed by atoms with E-state index in [1.54, 1.807) is 11.3 Å². The summed E-state index contributed by atoms with van der Waals surface area (Å²) in [5, 5.41) is 2.97. The van der Waals surface area contributed by atoms with Gasteiger partial charge in [0.15, 0.2) is 0 Å². The number of amides is 1. The SMILES string of the molecule is Cc1cc(CNC(=O)c2cc(N)cnc2Cl)sc1C. The van der Waals surface area contributed by atoms with Crippen molar-refractivity contribution in [1.82, 2.24) is 10.3 Å². The van der Waals surface area contributed by atoms with E-state index in [1.807, 2.05) is 0 Å². The van der Waals surface area contributed by atoms with Crippen molar-refractivity contribution in [3.8, 4) is 0 Å². The van der Waals surface area contributed by atoms with Crippen LogP contribution >= 0.6 is 22.9 Å². The molecule has 0 saturated heterocycles. The Balaban J connectivity index is 2.07. The second-order valence-electron chi connectivity index (χ2n) is 4.24. The van der Waals surface area contributed by atoms with Crippen molar-refractivity contribution in [1.29, 1.82) is 0 Å². The summed E-state index contributed by atoms with van der Waals surface area (Å²) in [6.45, 7) is 4.59. The number of carbonyl (C=O) groups excluding carboxylic acids is 1. The van der Waals surface area contributed by atoms with Crippen molar-refractivity contribution < 1.29 is 4.79 Å². The van der Waals surface area contributed by atoms with Crippen LogP contribution in [0.2, 0.25) is 5.15 Å². The van der Waals surface area contributed by atoms with Gasteiger partial charge in [-0.15, -0.1) is 11.3 Å². The highest BCUT2D eigenvalue weighted by atomic mass is 35.5. The van der Waals surface area contributed by atoms with Crippen LogP contribution in [0.25, 0.3) is 0 Å². The molecule has 0 spiro atoms. The summed E-state index contributed by atoms with van der Waals surface area (Å²) in [7, 11) is 0. The second kappa shape index (κ2) is 5.59. The highest BCUT2D eigenvalue weighted by Crippen LogP contribution is 2.21. The molecule has 6 heteroatoms. The molecule has 0 unspecified atom stereocenters. The summed E-state index contributed by atoms with van der Waals surface area (Å²) in [4.78, 5) is 18.2. The number of halogens is 1. The van der Waals surface area contributed by atoms with Gasteiger partial charge in [-0.1, -0.05) is 11.6 Å². The number of nitrogens with two attached hydrogens (primary N) is 1. The van der Waals surface area contributed by atoms with E-state index in [0.717, 1.165) is 4.88 Å². The molecule has 0 aromatic carbocycles. The second-order valence-corrected chi connectivity index (χ2v) is 5.94. The Hall–Kier alpha value is -1.59. The lowest BCUT2D eigenvalue weighted by Crippen LogP contribution is -2.23. The summed E-state index contributed by atoms with van der Waals surface area (Å²) >= 11 is 7.55. The number of rotatable bonds is 3. The number of hydrogen-bond donors (Lipinski definition) is 2. The van der Waals surface area contributed by atoms with Gasteiger partial charge in [0.05, 0.1) is 24.0 Å². The Kier molecular flexibility index (Phi) is 4.07. The summed E-state index contributed by atoms with van der Waals surface area (Å²) < 4.78 is 0. The number of nitrogens with zero attached hydrogens (tertiary/aromatic N) is 1. The Morgan fingerprint density at radius 3 is 2.84 bits per heavy atom. The molecule has 4 nitrogen and oxygen atoms in total. The summed E-state index contributed by atoms with van der Waals surface area (Å²) in [5.41, 5.74) is 7.54. The molecule has 0 fully saturated rings. The molecule has 0 saturated carbocycles. The topological polar surface area (TPSA) is 68.0 Å². The number of pyridine rings is 1. The largest absolute Gasteiger partial charge is 0.397 e. The van der Waals surface area contributed by atoms with Gasteiger partial charge in [0.1, 0.15) is 5.15 Å². The lowest BCUT2D eigenvalue weighted by Gasteiger charge is -2.05. The third-order valence-electron chi connectivity index (χ3n) is 2.75. The predicted octanol–water partition coefficient (Wildman–Crippen LogP) is 2.93. The molecule has 0 aliphatic carbocycles. The van der Waals surface area contributed by atoms with Gasteiger partial charge in [-0.25, -0.2) is 4.98 Å². The highest BCUT2D eigenvalue weighted by molar-refractivity contribution is 7.12. The first-order chi connectivity index (χ1) is 8.97. The van der Waals surface area contributed by atoms with E-state index in [0.29, 0.717) is 17.8 Å². The maximum absolute atomic E-state index is 12.0. The van der Waals surface area contributed by atoms with Gasteiger partial charge in [-0.05, 0) is 31.5 Å². The van der Waals surface area contributed by atoms with Crippen molar-refractivity contribution in [3.63, 3.8) is 0 Å². The maximum atomic E-state index is 12.0. The zero-order valence-corrected chi connectivity index (χ0v) is 12.2. The monoisotopic (exact) mass is 295 g/mol. The van der Waals surface area contributed by atoms with Crippen LogP contribution in [0.4, 0.5) is 5.69 Å². The lowest BCUT2D eigenvalue weighted by atomic mass is 10.2. The first kappa shape index (κ1) is 13.8. The van der Waals surface area contributed by atoms with Gasteiger partial charge >= 0.3 is 0 Å². The molecule has 3 N–H and O–H groups in total. The zero-order valence-electron chi connectivity index (χ0n) is 10.7. The predicted molar refractivity (Wildman–Crippen MR) is 78.6 cm³/mol. The van der Waals surface area contributed by atoms with E-state index >= 15 is 0 Å². The average molecular weight is 296 g/mol. The molecular formula is C13H14ClN3OS. The molecule has 0 aliphatic heterocycles. The number of hydrogen-bond acceptors (Lipinski definition) is 4. The molecule has 0 radical (unpaired) electrons. The lowest BCUT2D eigenvalue weighted by molar-refractivity contribution is 0.0951. The molecule has 0 bridgehead atoms. The van der Waals surface area contributed by atoms with Crippen LogP contribution in [0.5, 0.6) is 0 Å². The zero-order chi connectivity index (χ0) is 14.0. The third-order valence-corrected chi connectivity index (χ3v) is 4.20. The van der Waals surface area contributed by atoms with Gasteiger partial charge in [0.2, 0.25) is 0 Å². The minimum Gasteiger partial charge on any atom is -0.397 e. The van der Waals surface area contributed by atoms with Gasteiger partial charge in [-0.3, -0.25) is 4.79 Å². The number of nitrogen functional groups attached to an aromatic ring is 1. The van der Waals surface area contributed by atoms with E-state index in [-0.39, 0.29) is 11.1 Å². The molecule has 2 heterocycles. The molecule has 2 aromatic rings. The van der Waals surface area contributed by atoms with Crippen LogP contribution < -0.4 is 11.1 Å². The highest BCUT2D eigenvalue weighted by Gasteiger charge is 2.12. The minimum absolute atomic E-state index is 0.158. The van der Waals surface area contributed by atoms with Crippen LogP contribution in [-0.2, 0) is 6.54 Å². The minimum atomic E-state index is -0.270. The fourth-order valence-corrected chi connectivity index (χ4v) is 2.81. The molecule has 100 valence electrons. The maximum Gasteiger partial charge on any atom is 0.254 e. The molecular weight excluding hydrogens is 282 g/mol. The number of aryl methyl sites for hydroxylation is 2. The number of aromatic nitrogens is 1. The molecule has 0 atom stereocenters. The van der Waals surface area contributed by atoms with E-state index in [2.05, 4.69) is 30.2 Å². The fraction of sp³-hybridized carbons (Fsp3) is 0.231. The average Bonchev–Trinajstić information content (AvgIpc) is 2.69. The normalized spacial score (nSPS) is 10.5. The number of nitrogens with one attached hydrogen (secondary N) is 1. The van der Waals surface area contributed by atoms with Gasteiger partial charge in [0.25, 0.3) is 5.91 Å². The smallest absolute Gasteiger partial charge is 0.254 e. The molecule has 2 rings (SSSR count). The number of anilines is 1. The molecule has 1 amide bonds. The van der Waals surface area contributed by atoms with Crippen molar-refractivity contribution in [2.24, 2.45) is 0 Å². The first-order valence-corrected chi connectivity index (χ1v) is 6.92. The van der Waals surface area contributed by atoms with Gasteiger partial charge in [-0.2, -0.15) is 0 Å². The number of carbonyl (C=O) groups is 1. The Morgan fingerprint density at radius 1 is 1.47 bits per heavy atom. The standard InChI is InChI=1S/C13H14ClN3OS/c1-7-3-10(19-8(7)2)6-17-13(18)11-4-9(15)5-16-12(11)14/h3-5H,6,15H2,1-2H3,(H,17,18). The number of thiophene rings is 1. The van der Waals surface area contributed by atoms with E-state index in [1.165, 1.54) is 22.7 Å². The van der Waals surface area contributed by atoms with Crippen LogP contribution in [0, 0.1) is 13.8 Å². The van der Waals surface area contributed by atoms with Crippen molar-refractivity contribution >= 4 is 34.5 Å². The summed E-state index contributed by atoms with van der Waals surface area (Å²) in [6.07, 6.45) is 1.42. The Labute approximate surface area is 120 Å². The molecule has 0 aliphatic rings. The summed E-state index contributed by atoms with van der Waals surface area (Å²) in [6, 6.07) is 3.59. The third kappa shape index (κ3) is 3.24. The van der Waals surface area contributed by atoms with Crippen molar-refractivity contribution in [2.75, 3.05) is 5.73 Å².